The lowest BCUT2D eigenvalue weighted by atomic mass is 10.3. The molecule has 0 fully saturated rings. The predicted molar refractivity (Wildman–Crippen MR) is 62.6 cm³/mol. The summed E-state index contributed by atoms with van der Waals surface area (Å²) in [5.41, 5.74) is 1.45. The fourth-order valence-electron chi connectivity index (χ4n) is 1.52. The highest BCUT2D eigenvalue weighted by molar-refractivity contribution is 5.28. The van der Waals surface area contributed by atoms with Gasteiger partial charge >= 0.3 is 0 Å². The molecule has 0 bridgehead atoms. The summed E-state index contributed by atoms with van der Waals surface area (Å²) in [6.07, 6.45) is 5.35. The van der Waals surface area contributed by atoms with Gasteiger partial charge in [-0.25, -0.2) is 4.98 Å². The SMILES string of the molecule is Cc1ccc(OCCn2ccnc2)c(CO)n1. The normalized spacial score (nSPS) is 10.5. The molecule has 0 unspecified atom stereocenters. The summed E-state index contributed by atoms with van der Waals surface area (Å²) in [5, 5.41) is 9.17. The van der Waals surface area contributed by atoms with Gasteiger partial charge in [0.25, 0.3) is 0 Å². The Morgan fingerprint density at radius 3 is 3.00 bits per heavy atom. The zero-order chi connectivity index (χ0) is 12.1. The van der Waals surface area contributed by atoms with E-state index in [4.69, 9.17) is 9.84 Å². The lowest BCUT2D eigenvalue weighted by Crippen LogP contribution is -2.08. The van der Waals surface area contributed by atoms with Gasteiger partial charge in [-0.05, 0) is 19.1 Å². The van der Waals surface area contributed by atoms with Crippen molar-refractivity contribution in [3.8, 4) is 5.75 Å². The molecule has 0 saturated carbocycles. The largest absolute Gasteiger partial charge is 0.490 e. The fraction of sp³-hybridized carbons (Fsp3) is 0.333. The summed E-state index contributed by atoms with van der Waals surface area (Å²) in [6.45, 7) is 3.02. The number of nitrogens with zero attached hydrogens (tertiary/aromatic N) is 3. The second-order valence-electron chi connectivity index (χ2n) is 3.70. The molecule has 0 aliphatic carbocycles. The maximum absolute atomic E-state index is 9.17. The molecule has 90 valence electrons. The highest BCUT2D eigenvalue weighted by Gasteiger charge is 2.04. The van der Waals surface area contributed by atoms with Gasteiger partial charge in [0.05, 0.1) is 19.5 Å². The number of aliphatic hydroxyl groups is 1. The molecule has 0 aromatic carbocycles. The molecule has 5 nitrogen and oxygen atoms in total. The molecule has 0 spiro atoms. The van der Waals surface area contributed by atoms with E-state index in [1.165, 1.54) is 0 Å². The second kappa shape index (κ2) is 5.45. The minimum absolute atomic E-state index is 0.109. The van der Waals surface area contributed by atoms with Crippen LogP contribution in [-0.4, -0.2) is 26.2 Å². The van der Waals surface area contributed by atoms with Crippen molar-refractivity contribution in [2.24, 2.45) is 0 Å². The Hall–Kier alpha value is -1.88. The third kappa shape index (κ3) is 3.04. The zero-order valence-electron chi connectivity index (χ0n) is 9.71. The van der Waals surface area contributed by atoms with Crippen LogP contribution < -0.4 is 4.74 Å². The topological polar surface area (TPSA) is 60.2 Å². The van der Waals surface area contributed by atoms with Crippen molar-refractivity contribution in [2.45, 2.75) is 20.1 Å². The first-order chi connectivity index (χ1) is 8.29. The first-order valence-electron chi connectivity index (χ1n) is 5.45. The van der Waals surface area contributed by atoms with Crippen LogP contribution in [0.1, 0.15) is 11.4 Å². The van der Waals surface area contributed by atoms with Crippen LogP contribution in [0, 0.1) is 6.92 Å². The van der Waals surface area contributed by atoms with Gasteiger partial charge in [0.2, 0.25) is 0 Å². The number of hydrogen-bond donors (Lipinski definition) is 1. The van der Waals surface area contributed by atoms with Gasteiger partial charge in [0.15, 0.2) is 0 Å². The van der Waals surface area contributed by atoms with Crippen LogP contribution in [-0.2, 0) is 13.2 Å². The maximum Gasteiger partial charge on any atom is 0.143 e. The van der Waals surface area contributed by atoms with E-state index in [-0.39, 0.29) is 6.61 Å². The summed E-state index contributed by atoms with van der Waals surface area (Å²) < 4.78 is 7.52. The van der Waals surface area contributed by atoms with E-state index in [2.05, 4.69) is 9.97 Å². The van der Waals surface area contributed by atoms with Crippen LogP contribution in [0.4, 0.5) is 0 Å². The van der Waals surface area contributed by atoms with E-state index >= 15 is 0 Å². The lowest BCUT2D eigenvalue weighted by molar-refractivity contribution is 0.252. The highest BCUT2D eigenvalue weighted by Crippen LogP contribution is 2.16. The molecule has 0 amide bonds. The van der Waals surface area contributed by atoms with Crippen molar-refractivity contribution < 1.29 is 9.84 Å². The molecule has 2 rings (SSSR count). The summed E-state index contributed by atoms with van der Waals surface area (Å²) in [4.78, 5) is 8.16. The van der Waals surface area contributed by atoms with E-state index in [9.17, 15) is 0 Å². The molecule has 0 aliphatic heterocycles. The number of rotatable bonds is 5. The number of aromatic nitrogens is 3. The monoisotopic (exact) mass is 233 g/mol. The van der Waals surface area contributed by atoms with Crippen molar-refractivity contribution in [2.75, 3.05) is 6.61 Å². The van der Waals surface area contributed by atoms with Crippen LogP contribution in [0.15, 0.2) is 30.9 Å². The summed E-state index contributed by atoms with van der Waals surface area (Å²) in [6, 6.07) is 3.70. The van der Waals surface area contributed by atoms with Gasteiger partial charge in [-0.15, -0.1) is 0 Å². The van der Waals surface area contributed by atoms with Gasteiger partial charge < -0.3 is 14.4 Å². The summed E-state index contributed by atoms with van der Waals surface area (Å²) in [5.74, 6) is 0.637. The minimum atomic E-state index is -0.109. The van der Waals surface area contributed by atoms with Gasteiger partial charge in [-0.2, -0.15) is 0 Å². The Morgan fingerprint density at radius 1 is 1.41 bits per heavy atom. The minimum Gasteiger partial charge on any atom is -0.490 e. The standard InChI is InChI=1S/C12H15N3O2/c1-10-2-3-12(11(8-16)14-10)17-7-6-15-5-4-13-9-15/h2-5,9,16H,6-8H2,1H3. The smallest absolute Gasteiger partial charge is 0.143 e. The number of imidazole rings is 1. The average Bonchev–Trinajstić information content (AvgIpc) is 2.84. The van der Waals surface area contributed by atoms with E-state index in [0.29, 0.717) is 18.1 Å². The van der Waals surface area contributed by atoms with Crippen molar-refractivity contribution in [3.63, 3.8) is 0 Å². The lowest BCUT2D eigenvalue weighted by Gasteiger charge is -2.10. The highest BCUT2D eigenvalue weighted by atomic mass is 16.5. The number of ether oxygens (including phenoxy) is 1. The number of aryl methyl sites for hydroxylation is 1. The summed E-state index contributed by atoms with van der Waals surface area (Å²) in [7, 11) is 0. The molecule has 0 atom stereocenters. The Balaban J connectivity index is 1.94. The molecule has 2 aromatic rings. The molecule has 0 radical (unpaired) electrons. The van der Waals surface area contributed by atoms with Gasteiger partial charge in [-0.1, -0.05) is 0 Å². The molecule has 0 aliphatic rings. The molecule has 1 N–H and O–H groups in total. The van der Waals surface area contributed by atoms with E-state index in [1.54, 1.807) is 12.5 Å². The molecule has 5 heteroatoms. The van der Waals surface area contributed by atoms with Crippen molar-refractivity contribution in [3.05, 3.63) is 42.2 Å². The van der Waals surface area contributed by atoms with E-state index in [0.717, 1.165) is 12.2 Å². The van der Waals surface area contributed by atoms with Crippen LogP contribution in [0.25, 0.3) is 0 Å². The van der Waals surface area contributed by atoms with Gasteiger partial charge in [0, 0.05) is 18.1 Å². The molecule has 2 heterocycles. The van der Waals surface area contributed by atoms with Crippen LogP contribution in [0.3, 0.4) is 0 Å². The molecule has 17 heavy (non-hydrogen) atoms. The van der Waals surface area contributed by atoms with Crippen molar-refractivity contribution in [1.82, 2.24) is 14.5 Å². The quantitative estimate of drug-likeness (QED) is 0.841. The second-order valence-corrected chi connectivity index (χ2v) is 3.70. The van der Waals surface area contributed by atoms with Crippen LogP contribution in [0.2, 0.25) is 0 Å². The first kappa shape index (κ1) is 11.6. The molecule has 0 saturated heterocycles. The van der Waals surface area contributed by atoms with Gasteiger partial charge in [0.1, 0.15) is 18.1 Å². The third-order valence-electron chi connectivity index (χ3n) is 2.39. The predicted octanol–water partition coefficient (Wildman–Crippen LogP) is 1.16. The Morgan fingerprint density at radius 2 is 2.29 bits per heavy atom. The van der Waals surface area contributed by atoms with Crippen molar-refractivity contribution in [1.29, 1.82) is 0 Å². The van der Waals surface area contributed by atoms with E-state index in [1.807, 2.05) is 29.8 Å². The number of aliphatic hydroxyl groups excluding tert-OH is 1. The van der Waals surface area contributed by atoms with E-state index < -0.39 is 0 Å². The maximum atomic E-state index is 9.17. The zero-order valence-corrected chi connectivity index (χ0v) is 9.71. The first-order valence-corrected chi connectivity index (χ1v) is 5.45. The fourth-order valence-corrected chi connectivity index (χ4v) is 1.52. The Labute approximate surface area is 99.7 Å². The van der Waals surface area contributed by atoms with Gasteiger partial charge in [-0.3, -0.25) is 4.98 Å². The van der Waals surface area contributed by atoms with Crippen molar-refractivity contribution >= 4 is 0 Å². The molecule has 2 aromatic heterocycles. The average molecular weight is 233 g/mol. The number of hydrogen-bond acceptors (Lipinski definition) is 4. The van der Waals surface area contributed by atoms with Crippen LogP contribution >= 0.6 is 0 Å². The molecular weight excluding hydrogens is 218 g/mol. The number of pyridine rings is 1. The van der Waals surface area contributed by atoms with Crippen LogP contribution in [0.5, 0.6) is 5.75 Å². The third-order valence-corrected chi connectivity index (χ3v) is 2.39. The Bertz CT molecular complexity index is 469. The summed E-state index contributed by atoms with van der Waals surface area (Å²) >= 11 is 0. The molecular formula is C12H15N3O2. The Kier molecular flexibility index (Phi) is 3.72.